The molecule has 1 N–H and O–H groups in total. The molecule has 1 aliphatic heterocycles. The van der Waals surface area contributed by atoms with Gasteiger partial charge >= 0.3 is 0 Å². The second-order valence-corrected chi connectivity index (χ2v) is 10.1. The van der Waals surface area contributed by atoms with Gasteiger partial charge in [-0.2, -0.15) is 5.26 Å². The molecular formula is C21H19N3O4S2. The molecular weight excluding hydrogens is 422 g/mol. The number of nitrogens with one attached hydrogen (secondary N) is 1. The van der Waals surface area contributed by atoms with Crippen molar-refractivity contribution in [2.45, 2.75) is 36.3 Å². The summed E-state index contributed by atoms with van der Waals surface area (Å²) in [6.07, 6.45) is 4.95. The molecule has 0 radical (unpaired) electrons. The van der Waals surface area contributed by atoms with E-state index in [2.05, 4.69) is 11.1 Å². The smallest absolute Gasteiger partial charge is 0.264 e. The van der Waals surface area contributed by atoms with E-state index in [-0.39, 0.29) is 4.90 Å². The van der Waals surface area contributed by atoms with Crippen molar-refractivity contribution in [1.29, 1.82) is 5.26 Å². The van der Waals surface area contributed by atoms with Gasteiger partial charge in [-0.3, -0.25) is 4.79 Å². The minimum absolute atomic E-state index is 0.00503. The third-order valence-electron chi connectivity index (χ3n) is 5.10. The summed E-state index contributed by atoms with van der Waals surface area (Å²) in [5.74, 6) is 0.784. The van der Waals surface area contributed by atoms with E-state index in [0.717, 1.165) is 36.8 Å². The Kier molecular flexibility index (Phi) is 5.54. The lowest BCUT2D eigenvalue weighted by Crippen LogP contribution is -2.28. The van der Waals surface area contributed by atoms with Gasteiger partial charge in [0.05, 0.1) is 22.8 Å². The molecule has 0 bridgehead atoms. The molecule has 0 spiro atoms. The summed E-state index contributed by atoms with van der Waals surface area (Å²) in [6.45, 7) is 1.14. The summed E-state index contributed by atoms with van der Waals surface area (Å²) < 4.78 is 31.8. The Labute approximate surface area is 178 Å². The lowest BCUT2D eigenvalue weighted by molar-refractivity contribution is -0.117. The molecule has 1 fully saturated rings. The van der Waals surface area contributed by atoms with Gasteiger partial charge in [0.1, 0.15) is 16.5 Å². The molecule has 9 heteroatoms. The topological polar surface area (TPSA) is 113 Å². The van der Waals surface area contributed by atoms with Crippen molar-refractivity contribution in [3.8, 4) is 17.4 Å². The number of thioether (sulfide) groups is 1. The summed E-state index contributed by atoms with van der Waals surface area (Å²) in [6, 6.07) is 11.9. The maximum absolute atomic E-state index is 12.0. The zero-order valence-corrected chi connectivity index (χ0v) is 17.8. The Balaban J connectivity index is 1.50. The van der Waals surface area contributed by atoms with E-state index in [1.807, 2.05) is 4.72 Å². The number of hydrogen-bond donors (Lipinski definition) is 1. The highest BCUT2D eigenvalue weighted by molar-refractivity contribution is 8.04. The standard InChI is InChI=1S/C21H19N3O4S2/c1-13(25)24-30(26,27)16-8-5-14(6-9-16)19-10-7-15(28-19)12-23-21-18(11-22)17-3-2-4-20(17)29-21/h5-10,12,17,20H,2-4H2,1H3,(H,24,25)/t17-,20-/m1/s1. The minimum Gasteiger partial charge on any atom is -0.455 e. The van der Waals surface area contributed by atoms with E-state index in [4.69, 9.17) is 4.42 Å². The highest BCUT2D eigenvalue weighted by atomic mass is 32.2. The molecule has 2 aliphatic rings. The van der Waals surface area contributed by atoms with Crippen LogP contribution in [0.15, 0.2) is 61.3 Å². The maximum atomic E-state index is 12.0. The van der Waals surface area contributed by atoms with E-state index in [1.54, 1.807) is 42.2 Å². The van der Waals surface area contributed by atoms with Crippen LogP contribution in [0.2, 0.25) is 0 Å². The number of benzene rings is 1. The largest absolute Gasteiger partial charge is 0.455 e. The van der Waals surface area contributed by atoms with Gasteiger partial charge in [0.15, 0.2) is 0 Å². The highest BCUT2D eigenvalue weighted by Gasteiger charge is 2.39. The van der Waals surface area contributed by atoms with Crippen LogP contribution in [0.3, 0.4) is 0 Å². The van der Waals surface area contributed by atoms with Crippen LogP contribution in [-0.4, -0.2) is 25.8 Å². The first-order valence-electron chi connectivity index (χ1n) is 9.46. The van der Waals surface area contributed by atoms with E-state index in [9.17, 15) is 18.5 Å². The Bertz CT molecular complexity index is 1190. The van der Waals surface area contributed by atoms with Gasteiger partial charge in [-0.25, -0.2) is 18.1 Å². The van der Waals surface area contributed by atoms with Gasteiger partial charge in [-0.1, -0.05) is 6.42 Å². The van der Waals surface area contributed by atoms with Gasteiger partial charge < -0.3 is 4.42 Å². The number of carbonyl (C=O) groups is 1. The predicted molar refractivity (Wildman–Crippen MR) is 114 cm³/mol. The second kappa shape index (κ2) is 8.13. The van der Waals surface area contributed by atoms with Gasteiger partial charge in [0, 0.05) is 23.7 Å². The number of rotatable bonds is 5. The number of sulfonamides is 1. The van der Waals surface area contributed by atoms with Crippen molar-refractivity contribution in [1.82, 2.24) is 4.72 Å². The molecule has 0 saturated heterocycles. The third kappa shape index (κ3) is 4.06. The lowest BCUT2D eigenvalue weighted by Gasteiger charge is -2.05. The maximum Gasteiger partial charge on any atom is 0.264 e. The number of allylic oxidation sites excluding steroid dienone is 1. The van der Waals surface area contributed by atoms with Gasteiger partial charge in [0.25, 0.3) is 10.0 Å². The van der Waals surface area contributed by atoms with E-state index >= 15 is 0 Å². The molecule has 1 aromatic carbocycles. The first kappa shape index (κ1) is 20.4. The molecule has 1 saturated carbocycles. The summed E-state index contributed by atoms with van der Waals surface area (Å²) >= 11 is 1.68. The Hall–Kier alpha value is -2.83. The van der Waals surface area contributed by atoms with Crippen LogP contribution < -0.4 is 4.72 Å². The minimum atomic E-state index is -3.87. The van der Waals surface area contributed by atoms with E-state index in [1.165, 1.54) is 12.1 Å². The van der Waals surface area contributed by atoms with Crippen LogP contribution in [-0.2, 0) is 14.8 Å². The molecule has 0 unspecified atom stereocenters. The van der Waals surface area contributed by atoms with Crippen LogP contribution in [0.5, 0.6) is 0 Å². The number of furan rings is 1. The summed E-state index contributed by atoms with van der Waals surface area (Å²) in [4.78, 5) is 15.5. The second-order valence-electron chi connectivity index (χ2n) is 7.17. The number of nitrogens with zero attached hydrogens (tertiary/aromatic N) is 2. The lowest BCUT2D eigenvalue weighted by atomic mass is 10.00. The average molecular weight is 442 g/mol. The molecule has 1 aliphatic carbocycles. The summed E-state index contributed by atoms with van der Waals surface area (Å²) in [7, 11) is -3.87. The summed E-state index contributed by atoms with van der Waals surface area (Å²) in [5, 5.41) is 10.7. The molecule has 1 amide bonds. The van der Waals surface area contributed by atoms with Gasteiger partial charge in [-0.15, -0.1) is 11.8 Å². The van der Waals surface area contributed by atoms with Crippen LogP contribution in [0.4, 0.5) is 0 Å². The fourth-order valence-electron chi connectivity index (χ4n) is 3.74. The van der Waals surface area contributed by atoms with E-state index in [0.29, 0.717) is 28.3 Å². The Morgan fingerprint density at radius 1 is 1.27 bits per heavy atom. The first-order chi connectivity index (χ1) is 14.4. The Morgan fingerprint density at radius 3 is 2.73 bits per heavy atom. The van der Waals surface area contributed by atoms with Gasteiger partial charge in [-0.05, 0) is 49.2 Å². The zero-order valence-electron chi connectivity index (χ0n) is 16.2. The van der Waals surface area contributed by atoms with Crippen molar-refractivity contribution >= 4 is 33.9 Å². The van der Waals surface area contributed by atoms with Crippen molar-refractivity contribution in [3.63, 3.8) is 0 Å². The van der Waals surface area contributed by atoms with Crippen LogP contribution in [0.25, 0.3) is 11.3 Å². The van der Waals surface area contributed by atoms with Crippen molar-refractivity contribution in [3.05, 3.63) is 52.8 Å². The number of amides is 1. The predicted octanol–water partition coefficient (Wildman–Crippen LogP) is 3.84. The van der Waals surface area contributed by atoms with Gasteiger partial charge in [0.2, 0.25) is 5.91 Å². The molecule has 7 nitrogen and oxygen atoms in total. The number of fused-ring (bicyclic) bond motifs is 1. The fraction of sp³-hybridized carbons (Fsp3) is 0.286. The fourth-order valence-corrected chi connectivity index (χ4v) is 6.18. The van der Waals surface area contributed by atoms with E-state index < -0.39 is 15.9 Å². The SMILES string of the molecule is CC(=O)NS(=O)(=O)c1ccc(-c2ccc(C=NC3=C(C#N)[C@H]4CCC[C@H]4S3)o2)cc1. The molecule has 2 aromatic rings. The number of carbonyl (C=O) groups excluding carboxylic acids is 1. The molecule has 4 rings (SSSR count). The quantitative estimate of drug-likeness (QED) is 0.706. The molecule has 2 atom stereocenters. The normalized spacial score (nSPS) is 21.1. The third-order valence-corrected chi connectivity index (χ3v) is 7.96. The average Bonchev–Trinajstić information content (AvgIpc) is 3.41. The highest BCUT2D eigenvalue weighted by Crippen LogP contribution is 2.50. The van der Waals surface area contributed by atoms with Crippen LogP contribution >= 0.6 is 11.8 Å². The van der Waals surface area contributed by atoms with Crippen molar-refractivity contribution < 1.29 is 17.6 Å². The summed E-state index contributed by atoms with van der Waals surface area (Å²) in [5.41, 5.74) is 1.47. The molecule has 154 valence electrons. The van der Waals surface area contributed by atoms with Crippen LogP contribution in [0.1, 0.15) is 31.9 Å². The van der Waals surface area contributed by atoms with Crippen LogP contribution in [0, 0.1) is 17.2 Å². The first-order valence-corrected chi connectivity index (χ1v) is 11.8. The number of nitriles is 1. The molecule has 2 heterocycles. The zero-order chi connectivity index (χ0) is 21.3. The van der Waals surface area contributed by atoms with Crippen molar-refractivity contribution in [2.24, 2.45) is 10.9 Å². The molecule has 30 heavy (non-hydrogen) atoms. The number of hydrogen-bond acceptors (Lipinski definition) is 7. The monoisotopic (exact) mass is 441 g/mol. The van der Waals surface area contributed by atoms with Crippen molar-refractivity contribution in [2.75, 3.05) is 0 Å². The Morgan fingerprint density at radius 2 is 2.03 bits per heavy atom. The molecule has 1 aromatic heterocycles. The number of aliphatic imine (C=N–C) groups is 1.